The van der Waals surface area contributed by atoms with E-state index in [9.17, 15) is 13.8 Å². The molecule has 1 aliphatic rings. The molecule has 1 atom stereocenters. The van der Waals surface area contributed by atoms with Crippen LogP contribution in [0.2, 0.25) is 0 Å². The Morgan fingerprint density at radius 1 is 1.03 bits per heavy atom. The Morgan fingerprint density at radius 2 is 1.79 bits per heavy atom. The van der Waals surface area contributed by atoms with E-state index in [0.717, 1.165) is 57.0 Å². The van der Waals surface area contributed by atoms with E-state index in [1.807, 2.05) is 18.2 Å². The topological polar surface area (TPSA) is 79.0 Å². The van der Waals surface area contributed by atoms with Crippen molar-refractivity contribution < 1.29 is 18.5 Å². The largest absolute Gasteiger partial charge is 0.495 e. The molecule has 0 aliphatic carbocycles. The zero-order chi connectivity index (χ0) is 23.6. The summed E-state index contributed by atoms with van der Waals surface area (Å²) in [5.74, 6) is 0.622. The molecule has 178 valence electrons. The van der Waals surface area contributed by atoms with E-state index in [1.165, 1.54) is 6.26 Å². The molecule has 1 amide bonds. The Bertz CT molecular complexity index is 974. The molecule has 0 spiro atoms. The van der Waals surface area contributed by atoms with E-state index in [2.05, 4.69) is 21.2 Å². The van der Waals surface area contributed by atoms with Crippen LogP contribution in [0.4, 0.5) is 11.4 Å². The maximum absolute atomic E-state index is 12.6. The normalized spacial score (nSPS) is 15.2. The monoisotopic (exact) mass is 471 g/mol. The number of nitrogens with zero attached hydrogens (tertiary/aromatic N) is 2. The van der Waals surface area contributed by atoms with Gasteiger partial charge in [-0.05, 0) is 43.7 Å². The van der Waals surface area contributed by atoms with Crippen molar-refractivity contribution in [3.8, 4) is 5.75 Å². The third-order valence-corrected chi connectivity index (χ3v) is 6.40. The number of anilines is 2. The summed E-state index contributed by atoms with van der Waals surface area (Å²) in [6, 6.07) is 15.1. The summed E-state index contributed by atoms with van der Waals surface area (Å²) in [5.41, 5.74) is 2.30. The van der Waals surface area contributed by atoms with Crippen LogP contribution >= 0.6 is 0 Å². The summed E-state index contributed by atoms with van der Waals surface area (Å²) < 4.78 is 16.7. The predicted molar refractivity (Wildman–Crippen MR) is 134 cm³/mol. The number of rotatable bonds is 11. The zero-order valence-corrected chi connectivity index (χ0v) is 20.2. The fourth-order valence-corrected chi connectivity index (χ4v) is 4.46. The number of carbonyl (C=O) groups is 2. The van der Waals surface area contributed by atoms with Crippen molar-refractivity contribution in [1.82, 2.24) is 4.90 Å². The van der Waals surface area contributed by atoms with Gasteiger partial charge < -0.3 is 15.0 Å². The molecule has 33 heavy (non-hydrogen) atoms. The number of ketones is 1. The maximum Gasteiger partial charge on any atom is 0.236 e. The minimum Gasteiger partial charge on any atom is -0.495 e. The van der Waals surface area contributed by atoms with Crippen molar-refractivity contribution in [3.05, 3.63) is 54.1 Å². The van der Waals surface area contributed by atoms with E-state index in [-0.39, 0.29) is 17.4 Å². The van der Waals surface area contributed by atoms with E-state index in [1.54, 1.807) is 31.4 Å². The maximum atomic E-state index is 12.6. The van der Waals surface area contributed by atoms with Crippen LogP contribution in [0.1, 0.15) is 29.6 Å². The number of benzene rings is 2. The lowest BCUT2D eigenvalue weighted by molar-refractivity contribution is -0.113. The highest BCUT2D eigenvalue weighted by molar-refractivity contribution is 7.85. The second-order valence-electron chi connectivity index (χ2n) is 8.23. The van der Waals surface area contributed by atoms with Crippen molar-refractivity contribution in [2.24, 2.45) is 0 Å². The number of unbranched alkanes of at least 4 members (excludes halogenated alkanes) is 1. The minimum atomic E-state index is -1.20. The standard InChI is InChI=1S/C25H33N3O4S/c1-32-24-12-4-3-10-22(24)28-16-14-27(15-17-28)13-6-5-11-23(29)20-8-7-9-21(18-20)26-25(30)19-33(2)31/h3-4,7-10,12,18H,5-6,11,13-17,19H2,1-2H3,(H,26,30). The SMILES string of the molecule is COc1ccccc1N1CCN(CCCCC(=O)c2cccc(NC(=O)CS(C)=O)c2)CC1. The van der Waals surface area contributed by atoms with Crippen LogP contribution in [0.3, 0.4) is 0 Å². The molecule has 2 aromatic carbocycles. The summed E-state index contributed by atoms with van der Waals surface area (Å²) in [5, 5.41) is 2.70. The molecule has 0 radical (unpaired) electrons. The molecule has 1 aliphatic heterocycles. The van der Waals surface area contributed by atoms with Gasteiger partial charge in [-0.2, -0.15) is 0 Å². The van der Waals surface area contributed by atoms with Gasteiger partial charge in [-0.3, -0.25) is 18.7 Å². The summed E-state index contributed by atoms with van der Waals surface area (Å²) >= 11 is 0. The number of methoxy groups -OCH3 is 1. The van der Waals surface area contributed by atoms with Crippen LogP contribution in [0, 0.1) is 0 Å². The Labute approximate surface area is 198 Å². The predicted octanol–water partition coefficient (Wildman–Crippen LogP) is 3.19. The van der Waals surface area contributed by atoms with Gasteiger partial charge in [0.1, 0.15) is 11.5 Å². The second-order valence-corrected chi connectivity index (χ2v) is 9.66. The molecule has 7 nitrogen and oxygen atoms in total. The lowest BCUT2D eigenvalue weighted by Gasteiger charge is -2.36. The molecule has 0 bridgehead atoms. The summed E-state index contributed by atoms with van der Waals surface area (Å²) in [6.45, 7) is 4.90. The van der Waals surface area contributed by atoms with Gasteiger partial charge in [0.05, 0.1) is 12.8 Å². The number of nitrogens with one attached hydrogen (secondary N) is 1. The van der Waals surface area contributed by atoms with Crippen molar-refractivity contribution in [2.45, 2.75) is 19.3 Å². The van der Waals surface area contributed by atoms with Gasteiger partial charge in [-0.15, -0.1) is 0 Å². The molecule has 1 fully saturated rings. The highest BCUT2D eigenvalue weighted by atomic mass is 32.2. The van der Waals surface area contributed by atoms with Crippen LogP contribution in [0.15, 0.2) is 48.5 Å². The fraction of sp³-hybridized carbons (Fsp3) is 0.440. The van der Waals surface area contributed by atoms with Crippen LogP contribution < -0.4 is 15.0 Å². The molecule has 8 heteroatoms. The second kappa shape index (κ2) is 12.5. The van der Waals surface area contributed by atoms with E-state index in [0.29, 0.717) is 17.7 Å². The first kappa shape index (κ1) is 24.9. The lowest BCUT2D eigenvalue weighted by Crippen LogP contribution is -2.46. The molecule has 1 unspecified atom stereocenters. The lowest BCUT2D eigenvalue weighted by atomic mass is 10.0. The first-order valence-corrected chi connectivity index (χ1v) is 13.0. The number of para-hydroxylation sites is 2. The van der Waals surface area contributed by atoms with Crippen LogP contribution in [-0.2, 0) is 15.6 Å². The van der Waals surface area contributed by atoms with Crippen molar-refractivity contribution in [2.75, 3.05) is 62.1 Å². The molecule has 0 saturated carbocycles. The summed E-state index contributed by atoms with van der Waals surface area (Å²) in [4.78, 5) is 29.2. The third-order valence-electron chi connectivity index (χ3n) is 5.73. The first-order valence-electron chi connectivity index (χ1n) is 11.3. The number of hydrogen-bond donors (Lipinski definition) is 1. The number of amides is 1. The quantitative estimate of drug-likeness (QED) is 0.401. The van der Waals surface area contributed by atoms with Crippen LogP contribution in [-0.4, -0.2) is 72.6 Å². The molecule has 1 heterocycles. The van der Waals surface area contributed by atoms with Crippen molar-refractivity contribution in [1.29, 1.82) is 0 Å². The average Bonchev–Trinajstić information content (AvgIpc) is 2.81. The number of hydrogen-bond acceptors (Lipinski definition) is 6. The van der Waals surface area contributed by atoms with E-state index < -0.39 is 10.8 Å². The van der Waals surface area contributed by atoms with Crippen molar-refractivity contribution >= 4 is 33.9 Å². The van der Waals surface area contributed by atoms with Gasteiger partial charge in [-0.1, -0.05) is 24.3 Å². The number of piperazine rings is 1. The van der Waals surface area contributed by atoms with Gasteiger partial charge >= 0.3 is 0 Å². The Kier molecular flexibility index (Phi) is 9.45. The first-order chi connectivity index (χ1) is 16.0. The molecular weight excluding hydrogens is 438 g/mol. The minimum absolute atomic E-state index is 0.0503. The Hall–Kier alpha value is -2.71. The molecule has 0 aromatic heterocycles. The summed E-state index contributed by atoms with van der Waals surface area (Å²) in [7, 11) is 0.511. The van der Waals surface area contributed by atoms with Crippen molar-refractivity contribution in [3.63, 3.8) is 0 Å². The molecule has 2 aromatic rings. The third kappa shape index (κ3) is 7.68. The highest BCUT2D eigenvalue weighted by Crippen LogP contribution is 2.28. The van der Waals surface area contributed by atoms with Gasteiger partial charge in [0, 0.05) is 60.9 Å². The molecule has 1 saturated heterocycles. The van der Waals surface area contributed by atoms with Gasteiger partial charge in [0.25, 0.3) is 0 Å². The molecular formula is C25H33N3O4S. The van der Waals surface area contributed by atoms with Gasteiger partial charge in [0.2, 0.25) is 5.91 Å². The average molecular weight is 472 g/mol. The van der Waals surface area contributed by atoms with Crippen LogP contribution in [0.5, 0.6) is 5.75 Å². The zero-order valence-electron chi connectivity index (χ0n) is 19.4. The van der Waals surface area contributed by atoms with E-state index >= 15 is 0 Å². The Balaban J connectivity index is 1.38. The molecule has 1 N–H and O–H groups in total. The fourth-order valence-electron chi connectivity index (χ4n) is 4.02. The Morgan fingerprint density at radius 3 is 2.52 bits per heavy atom. The number of Topliss-reactive ketones (excluding diaryl/α,β-unsaturated/α-hetero) is 1. The van der Waals surface area contributed by atoms with Gasteiger partial charge in [-0.25, -0.2) is 0 Å². The van der Waals surface area contributed by atoms with E-state index in [4.69, 9.17) is 4.74 Å². The smallest absolute Gasteiger partial charge is 0.236 e. The number of ether oxygens (including phenoxy) is 1. The van der Waals surface area contributed by atoms with Crippen LogP contribution in [0.25, 0.3) is 0 Å². The summed E-state index contributed by atoms with van der Waals surface area (Å²) in [6.07, 6.45) is 3.77. The van der Waals surface area contributed by atoms with Gasteiger partial charge in [0.15, 0.2) is 5.78 Å². The highest BCUT2D eigenvalue weighted by Gasteiger charge is 2.19. The number of carbonyl (C=O) groups excluding carboxylic acids is 2. The molecule has 3 rings (SSSR count).